The molecule has 0 bridgehead atoms. The zero-order valence-electron chi connectivity index (χ0n) is 38.5. The molecular weight excluding hydrogens is 836 g/mol. The maximum absolute atomic E-state index is 15.0. The molecule has 0 radical (unpaired) electrons. The molecule has 17 heteroatoms. The molecule has 8 rings (SSSR count). The second-order valence-electron chi connectivity index (χ2n) is 23.0. The predicted molar refractivity (Wildman–Crippen MR) is 223 cm³/mol. The van der Waals surface area contributed by atoms with Crippen molar-refractivity contribution in [3.05, 3.63) is 11.6 Å². The lowest BCUT2D eigenvalue weighted by Crippen LogP contribution is -2.66. The number of aliphatic hydroxyl groups is 8. The topological polar surface area (TPSA) is 272 Å². The standard InChI is InChI=1S/C47H74O17/c1-21-28(49)30(51)33(54)38(60-21)63-36-29(50)24(48)20-59-40(36)64-41(58)47-17-15-42(2,3)19-23(47)22-9-10-26-44(6)13-12-27(61-39-34(55)31(52)32(53)35(62-39)37(56)57)43(4,5)25(44)11-14-46(26,8)45(22,7)16-18-47/h9,21,23-36,38-40,48-55H,10-20H2,1-8H3,(H,56,57)/t21-,23-,24-,25-,26+,27-,28-,29-,30+,31-,32-,33+,34+,35-,36+,38-,39+,40-,44-,45+,46+,47-/m0/s1. The average molecular weight is 911 g/mol. The number of aliphatic hydroxyl groups excluding tert-OH is 8. The van der Waals surface area contributed by atoms with Crippen LogP contribution in [-0.2, 0) is 38.0 Å². The first-order chi connectivity index (χ1) is 29.7. The van der Waals surface area contributed by atoms with Gasteiger partial charge in [0.2, 0.25) is 6.29 Å². The number of carbonyl (C=O) groups is 2. The number of esters is 1. The Labute approximate surface area is 375 Å². The van der Waals surface area contributed by atoms with Crippen molar-refractivity contribution in [3.63, 3.8) is 0 Å². The number of carboxylic acids is 1. The molecule has 9 N–H and O–H groups in total. The van der Waals surface area contributed by atoms with Crippen molar-refractivity contribution in [2.45, 2.75) is 212 Å². The maximum atomic E-state index is 15.0. The van der Waals surface area contributed by atoms with E-state index in [9.17, 15) is 50.8 Å². The zero-order valence-corrected chi connectivity index (χ0v) is 38.5. The lowest BCUT2D eigenvalue weighted by molar-refractivity contribution is -0.350. The highest BCUT2D eigenvalue weighted by Crippen LogP contribution is 2.76. The Morgan fingerprint density at radius 2 is 1.33 bits per heavy atom. The highest BCUT2D eigenvalue weighted by molar-refractivity contribution is 5.79. The second kappa shape index (κ2) is 16.7. The van der Waals surface area contributed by atoms with E-state index >= 15 is 4.79 Å². The molecule has 8 aliphatic rings. The van der Waals surface area contributed by atoms with Crippen LogP contribution in [-0.4, -0.2) is 157 Å². The van der Waals surface area contributed by atoms with Crippen molar-refractivity contribution in [2.75, 3.05) is 6.61 Å². The quantitative estimate of drug-likeness (QED) is 0.100. The fraction of sp³-hybridized carbons (Fsp3) is 0.915. The fourth-order valence-corrected chi connectivity index (χ4v) is 14.7. The number of carbonyl (C=O) groups excluding carboxylic acids is 1. The second-order valence-corrected chi connectivity index (χ2v) is 23.0. The van der Waals surface area contributed by atoms with Crippen LogP contribution in [0.4, 0.5) is 0 Å². The van der Waals surface area contributed by atoms with E-state index in [2.05, 4.69) is 54.5 Å². The van der Waals surface area contributed by atoms with Crippen LogP contribution < -0.4 is 0 Å². The van der Waals surface area contributed by atoms with Gasteiger partial charge in [0.15, 0.2) is 24.8 Å². The van der Waals surface area contributed by atoms with Gasteiger partial charge in [-0.3, -0.25) is 4.79 Å². The number of rotatable bonds is 7. The van der Waals surface area contributed by atoms with Gasteiger partial charge in [0.05, 0.1) is 24.2 Å². The number of aliphatic carboxylic acids is 1. The van der Waals surface area contributed by atoms with Gasteiger partial charge in [-0.2, -0.15) is 0 Å². The summed E-state index contributed by atoms with van der Waals surface area (Å²) in [4.78, 5) is 26.9. The molecule has 0 aromatic rings. The molecule has 0 spiro atoms. The first-order valence-corrected chi connectivity index (χ1v) is 23.6. The van der Waals surface area contributed by atoms with Crippen LogP contribution in [0.3, 0.4) is 0 Å². The summed E-state index contributed by atoms with van der Waals surface area (Å²) >= 11 is 0. The fourth-order valence-electron chi connectivity index (χ4n) is 14.7. The number of allylic oxidation sites excluding steroid dienone is 2. The number of fused-ring (bicyclic) bond motifs is 7. The van der Waals surface area contributed by atoms with Gasteiger partial charge in [-0.25, -0.2) is 4.79 Å². The van der Waals surface area contributed by atoms with Crippen LogP contribution in [0.1, 0.15) is 120 Å². The lowest BCUT2D eigenvalue weighted by atomic mass is 9.33. The van der Waals surface area contributed by atoms with Crippen LogP contribution >= 0.6 is 0 Å². The lowest BCUT2D eigenvalue weighted by Gasteiger charge is -2.71. The highest BCUT2D eigenvalue weighted by atomic mass is 16.8. The molecule has 3 saturated heterocycles. The zero-order chi connectivity index (χ0) is 46.9. The van der Waals surface area contributed by atoms with Gasteiger partial charge in [-0.15, -0.1) is 0 Å². The van der Waals surface area contributed by atoms with Crippen LogP contribution in [0.15, 0.2) is 11.6 Å². The predicted octanol–water partition coefficient (Wildman–Crippen LogP) is 1.90. The van der Waals surface area contributed by atoms with Crippen LogP contribution in [0.2, 0.25) is 0 Å². The number of carboxylic acid groups (broad SMARTS) is 1. The average Bonchev–Trinajstić information content (AvgIpc) is 3.22. The summed E-state index contributed by atoms with van der Waals surface area (Å²) in [5.41, 5.74) is -0.692. The largest absolute Gasteiger partial charge is 0.479 e. The molecule has 5 aliphatic carbocycles. The van der Waals surface area contributed by atoms with Gasteiger partial charge in [-0.1, -0.05) is 60.1 Å². The van der Waals surface area contributed by atoms with Crippen molar-refractivity contribution >= 4 is 11.9 Å². The molecule has 3 aliphatic heterocycles. The van der Waals surface area contributed by atoms with Crippen LogP contribution in [0.25, 0.3) is 0 Å². The van der Waals surface area contributed by atoms with Crippen LogP contribution in [0.5, 0.6) is 0 Å². The number of hydrogen-bond donors (Lipinski definition) is 9. The summed E-state index contributed by atoms with van der Waals surface area (Å²) in [5, 5.41) is 94.5. The van der Waals surface area contributed by atoms with Crippen molar-refractivity contribution < 1.29 is 84.0 Å². The Balaban J connectivity index is 1.05. The van der Waals surface area contributed by atoms with Crippen molar-refractivity contribution in [2.24, 2.45) is 50.2 Å². The first-order valence-electron chi connectivity index (χ1n) is 23.6. The minimum absolute atomic E-state index is 0.0740. The molecule has 0 aromatic carbocycles. The Hall–Kier alpha value is -1.84. The first kappa shape index (κ1) is 48.6. The van der Waals surface area contributed by atoms with Crippen molar-refractivity contribution in [1.29, 1.82) is 0 Å². The van der Waals surface area contributed by atoms with Crippen molar-refractivity contribution in [3.8, 4) is 0 Å². The summed E-state index contributed by atoms with van der Waals surface area (Å²) in [6, 6.07) is 0. The van der Waals surface area contributed by atoms with Gasteiger partial charge in [0.1, 0.15) is 48.8 Å². The monoisotopic (exact) mass is 910 g/mol. The van der Waals surface area contributed by atoms with Gasteiger partial charge < -0.3 is 74.4 Å². The molecule has 0 unspecified atom stereocenters. The molecule has 3 heterocycles. The van der Waals surface area contributed by atoms with E-state index in [0.717, 1.165) is 44.9 Å². The van der Waals surface area contributed by atoms with Crippen LogP contribution in [0, 0.1) is 50.2 Å². The van der Waals surface area contributed by atoms with E-state index in [1.807, 2.05) is 0 Å². The van der Waals surface area contributed by atoms with E-state index in [-0.39, 0.29) is 46.0 Å². The molecule has 364 valence electrons. The molecule has 4 saturated carbocycles. The van der Waals surface area contributed by atoms with Gasteiger partial charge in [0.25, 0.3) is 0 Å². The summed E-state index contributed by atoms with van der Waals surface area (Å²) in [6.45, 7) is 17.2. The Morgan fingerprint density at radius 1 is 0.688 bits per heavy atom. The SMILES string of the molecule is C[C@@H]1O[C@@H](O[C@H]2[C@H](OC(=O)[C@]34CCC(C)(C)C[C@H]3C3=CC[C@@H]5[C@@]6(C)CC[C@H](O[C@@H]7O[C@H](C(=O)O)[C@@H](O)[C@H](O)[C@H]7O)C(C)(C)[C@@H]6CC[C@@]5(C)[C@]3(C)CC4)OC[C@H](O)[C@@H]2O)[C@H](O)[C@H](O)[C@H]1O. The Bertz CT molecular complexity index is 1810. The number of hydrogen-bond acceptors (Lipinski definition) is 16. The number of ether oxygens (including phenoxy) is 6. The summed E-state index contributed by atoms with van der Waals surface area (Å²) in [6.07, 6.45) is -12.0. The van der Waals surface area contributed by atoms with Gasteiger partial charge >= 0.3 is 11.9 Å². The summed E-state index contributed by atoms with van der Waals surface area (Å²) in [5.74, 6) is -1.63. The third-order valence-electron chi connectivity index (χ3n) is 18.8. The van der Waals surface area contributed by atoms with E-state index in [0.29, 0.717) is 19.3 Å². The molecule has 22 atom stereocenters. The summed E-state index contributed by atoms with van der Waals surface area (Å²) < 4.78 is 35.7. The molecule has 0 aromatic heterocycles. The maximum Gasteiger partial charge on any atom is 0.335 e. The van der Waals surface area contributed by atoms with E-state index < -0.39 is 115 Å². The molecule has 0 amide bonds. The molecular formula is C47H74O17. The Morgan fingerprint density at radius 3 is 2.00 bits per heavy atom. The van der Waals surface area contributed by atoms with E-state index in [1.165, 1.54) is 12.5 Å². The summed E-state index contributed by atoms with van der Waals surface area (Å²) in [7, 11) is 0. The van der Waals surface area contributed by atoms with Gasteiger partial charge in [0, 0.05) is 0 Å². The molecule has 17 nitrogen and oxygen atoms in total. The minimum Gasteiger partial charge on any atom is -0.479 e. The van der Waals surface area contributed by atoms with Gasteiger partial charge in [-0.05, 0) is 116 Å². The minimum atomic E-state index is -1.80. The molecule has 7 fully saturated rings. The Kier molecular flexibility index (Phi) is 12.7. The smallest absolute Gasteiger partial charge is 0.335 e. The third kappa shape index (κ3) is 7.45. The van der Waals surface area contributed by atoms with Crippen molar-refractivity contribution in [1.82, 2.24) is 0 Å². The highest BCUT2D eigenvalue weighted by Gasteiger charge is 2.70. The van der Waals surface area contributed by atoms with E-state index in [1.54, 1.807) is 0 Å². The normalized spacial score (nSPS) is 53.3. The van der Waals surface area contributed by atoms with E-state index in [4.69, 9.17) is 28.4 Å². The third-order valence-corrected chi connectivity index (χ3v) is 18.8. The molecule has 64 heavy (non-hydrogen) atoms.